The van der Waals surface area contributed by atoms with Gasteiger partial charge in [-0.15, -0.1) is 0 Å². The largest absolute Gasteiger partial charge is 0.477 e. The van der Waals surface area contributed by atoms with Crippen molar-refractivity contribution in [2.24, 2.45) is 0 Å². The van der Waals surface area contributed by atoms with Crippen LogP contribution in [-0.2, 0) is 6.42 Å². The van der Waals surface area contributed by atoms with E-state index in [9.17, 15) is 4.79 Å². The number of nitrogens with two attached hydrogens (primary N) is 1. The van der Waals surface area contributed by atoms with Crippen molar-refractivity contribution < 1.29 is 4.74 Å². The third-order valence-electron chi connectivity index (χ3n) is 2.33. The van der Waals surface area contributed by atoms with E-state index in [0.29, 0.717) is 18.9 Å². The Hall–Kier alpha value is -2.30. The zero-order valence-electron chi connectivity index (χ0n) is 9.22. The fourth-order valence-electron chi connectivity index (χ4n) is 1.46. The first kappa shape index (κ1) is 11.2. The van der Waals surface area contributed by atoms with Gasteiger partial charge >= 0.3 is 0 Å². The fraction of sp³-hybridized carbons (Fsp3) is 0.167. The number of hydrogen-bond donors (Lipinski definition) is 2. The van der Waals surface area contributed by atoms with Crippen molar-refractivity contribution in [2.75, 3.05) is 12.3 Å². The summed E-state index contributed by atoms with van der Waals surface area (Å²) in [7, 11) is 0. The zero-order valence-corrected chi connectivity index (χ0v) is 9.22. The maximum Gasteiger partial charge on any atom is 0.254 e. The molecule has 88 valence electrons. The molecule has 1 heterocycles. The summed E-state index contributed by atoms with van der Waals surface area (Å²) in [5, 5.41) is 0. The van der Waals surface area contributed by atoms with Crippen LogP contribution >= 0.6 is 0 Å². The Labute approximate surface area is 98.3 Å². The van der Waals surface area contributed by atoms with E-state index in [4.69, 9.17) is 10.5 Å². The number of benzene rings is 1. The lowest BCUT2D eigenvalue weighted by molar-refractivity contribution is 0.308. The van der Waals surface area contributed by atoms with Crippen LogP contribution in [0.4, 0.5) is 5.69 Å². The lowest BCUT2D eigenvalue weighted by Crippen LogP contribution is -2.09. The Morgan fingerprint density at radius 1 is 1.35 bits per heavy atom. The molecule has 0 aliphatic heterocycles. The monoisotopic (exact) mass is 231 g/mol. The van der Waals surface area contributed by atoms with E-state index < -0.39 is 0 Å². The first-order valence-corrected chi connectivity index (χ1v) is 5.26. The molecule has 0 unspecified atom stereocenters. The molecule has 5 heteroatoms. The Morgan fingerprint density at radius 3 is 2.94 bits per heavy atom. The second-order valence-corrected chi connectivity index (χ2v) is 3.55. The number of nitrogen functional groups attached to an aromatic ring is 1. The summed E-state index contributed by atoms with van der Waals surface area (Å²) in [5.74, 6) is 0.322. The van der Waals surface area contributed by atoms with Gasteiger partial charge in [-0.05, 0) is 11.6 Å². The van der Waals surface area contributed by atoms with Gasteiger partial charge in [0.25, 0.3) is 5.56 Å². The normalized spacial score (nSPS) is 10.1. The molecular weight excluding hydrogens is 218 g/mol. The number of rotatable bonds is 4. The number of nitrogens with one attached hydrogen (secondary N) is 1. The molecule has 2 rings (SSSR count). The zero-order chi connectivity index (χ0) is 12.1. The smallest absolute Gasteiger partial charge is 0.254 e. The van der Waals surface area contributed by atoms with Crippen LogP contribution in [0.25, 0.3) is 0 Å². The summed E-state index contributed by atoms with van der Waals surface area (Å²) in [4.78, 5) is 17.3. The van der Waals surface area contributed by atoms with Gasteiger partial charge in [0.05, 0.1) is 19.0 Å². The summed E-state index contributed by atoms with van der Waals surface area (Å²) in [6.07, 6.45) is 2.00. The highest BCUT2D eigenvalue weighted by Gasteiger charge is 1.99. The van der Waals surface area contributed by atoms with Crippen LogP contribution in [0.1, 0.15) is 5.56 Å². The summed E-state index contributed by atoms with van der Waals surface area (Å²) < 4.78 is 5.36. The molecular formula is C12H13N3O2. The van der Waals surface area contributed by atoms with E-state index in [1.54, 1.807) is 0 Å². The van der Waals surface area contributed by atoms with Gasteiger partial charge in [0.15, 0.2) is 0 Å². The minimum atomic E-state index is -0.228. The van der Waals surface area contributed by atoms with Crippen molar-refractivity contribution in [3.63, 3.8) is 0 Å². The quantitative estimate of drug-likeness (QED) is 0.768. The molecule has 0 spiro atoms. The Balaban J connectivity index is 1.92. The summed E-state index contributed by atoms with van der Waals surface area (Å²) in [6.45, 7) is 0.435. The van der Waals surface area contributed by atoms with E-state index in [-0.39, 0.29) is 5.56 Å². The maximum absolute atomic E-state index is 11.0. The molecule has 2 aromatic rings. The van der Waals surface area contributed by atoms with Crippen molar-refractivity contribution in [1.82, 2.24) is 9.97 Å². The molecule has 0 saturated carbocycles. The van der Waals surface area contributed by atoms with Crippen LogP contribution in [0, 0.1) is 0 Å². The lowest BCUT2D eigenvalue weighted by atomic mass is 10.1. The van der Waals surface area contributed by atoms with Crippen LogP contribution < -0.4 is 16.0 Å². The predicted molar refractivity (Wildman–Crippen MR) is 64.9 cm³/mol. The number of ether oxygens (including phenoxy) is 1. The number of H-pyrrole nitrogens is 1. The van der Waals surface area contributed by atoms with E-state index >= 15 is 0 Å². The molecule has 17 heavy (non-hydrogen) atoms. The van der Waals surface area contributed by atoms with Crippen molar-refractivity contribution in [3.8, 4) is 5.88 Å². The Morgan fingerprint density at radius 2 is 2.18 bits per heavy atom. The molecule has 0 atom stereocenters. The van der Waals surface area contributed by atoms with Crippen LogP contribution in [-0.4, -0.2) is 16.6 Å². The molecule has 0 fully saturated rings. The highest BCUT2D eigenvalue weighted by molar-refractivity contribution is 5.46. The van der Waals surface area contributed by atoms with Gasteiger partial charge in [-0.3, -0.25) is 4.79 Å². The number of anilines is 1. The minimum Gasteiger partial charge on any atom is -0.477 e. The molecule has 1 aromatic heterocycles. The number of hydrogen-bond acceptors (Lipinski definition) is 4. The fourth-order valence-corrected chi connectivity index (χ4v) is 1.46. The SMILES string of the molecule is Nc1ccccc1CCOc1cc(=O)[nH]cn1. The number of para-hydroxylation sites is 1. The minimum absolute atomic E-state index is 0.228. The molecule has 3 N–H and O–H groups in total. The third kappa shape index (κ3) is 3.07. The van der Waals surface area contributed by atoms with Crippen LogP contribution in [0.2, 0.25) is 0 Å². The van der Waals surface area contributed by atoms with Gasteiger partial charge in [0.1, 0.15) is 0 Å². The molecule has 1 aromatic carbocycles. The second kappa shape index (κ2) is 5.16. The van der Waals surface area contributed by atoms with Crippen molar-refractivity contribution >= 4 is 5.69 Å². The lowest BCUT2D eigenvalue weighted by Gasteiger charge is -2.06. The van der Waals surface area contributed by atoms with Crippen molar-refractivity contribution in [2.45, 2.75) is 6.42 Å². The van der Waals surface area contributed by atoms with Crippen molar-refractivity contribution in [1.29, 1.82) is 0 Å². The molecule has 0 aliphatic rings. The molecule has 0 amide bonds. The van der Waals surface area contributed by atoms with Gasteiger partial charge in [-0.25, -0.2) is 4.98 Å². The summed E-state index contributed by atoms with van der Waals surface area (Å²) in [5.41, 5.74) is 7.34. The molecule has 5 nitrogen and oxygen atoms in total. The Kier molecular flexibility index (Phi) is 3.40. The van der Waals surface area contributed by atoms with Gasteiger partial charge in [0.2, 0.25) is 5.88 Å². The first-order chi connectivity index (χ1) is 8.25. The summed E-state index contributed by atoms with van der Waals surface area (Å²) in [6, 6.07) is 8.92. The molecule has 0 bridgehead atoms. The van der Waals surface area contributed by atoms with Gasteiger partial charge < -0.3 is 15.5 Å². The van der Waals surface area contributed by atoms with E-state index in [1.807, 2.05) is 24.3 Å². The topological polar surface area (TPSA) is 81.0 Å². The number of aromatic nitrogens is 2. The van der Waals surface area contributed by atoms with E-state index in [0.717, 1.165) is 11.3 Å². The molecule has 0 radical (unpaired) electrons. The maximum atomic E-state index is 11.0. The average Bonchev–Trinajstić information content (AvgIpc) is 2.32. The summed E-state index contributed by atoms with van der Waals surface area (Å²) >= 11 is 0. The third-order valence-corrected chi connectivity index (χ3v) is 2.33. The standard InChI is InChI=1S/C12H13N3O2/c13-10-4-2-1-3-9(10)5-6-17-12-7-11(16)14-8-15-12/h1-4,7-8H,5-6,13H2,(H,14,15,16). The van der Waals surface area contributed by atoms with Crippen LogP contribution in [0.5, 0.6) is 5.88 Å². The van der Waals surface area contributed by atoms with Gasteiger partial charge in [-0.2, -0.15) is 0 Å². The van der Waals surface area contributed by atoms with Gasteiger partial charge in [0, 0.05) is 12.1 Å². The average molecular weight is 231 g/mol. The van der Waals surface area contributed by atoms with E-state index in [2.05, 4.69) is 9.97 Å². The number of nitrogens with zero attached hydrogens (tertiary/aromatic N) is 1. The van der Waals surface area contributed by atoms with Crippen LogP contribution in [0.15, 0.2) is 41.5 Å². The first-order valence-electron chi connectivity index (χ1n) is 5.26. The van der Waals surface area contributed by atoms with Gasteiger partial charge in [-0.1, -0.05) is 18.2 Å². The highest BCUT2D eigenvalue weighted by Crippen LogP contribution is 2.11. The van der Waals surface area contributed by atoms with Crippen molar-refractivity contribution in [3.05, 3.63) is 52.6 Å². The second-order valence-electron chi connectivity index (χ2n) is 3.55. The predicted octanol–water partition coefficient (Wildman–Crippen LogP) is 0.974. The molecule has 0 aliphatic carbocycles. The Bertz CT molecular complexity index is 551. The number of aromatic amines is 1. The van der Waals surface area contributed by atoms with Crippen LogP contribution in [0.3, 0.4) is 0 Å². The highest BCUT2D eigenvalue weighted by atomic mass is 16.5. The van der Waals surface area contributed by atoms with E-state index in [1.165, 1.54) is 12.4 Å². The molecule has 0 saturated heterocycles.